The van der Waals surface area contributed by atoms with Gasteiger partial charge >= 0.3 is 0 Å². The SMILES string of the molecule is COc1cccc(OC)c1-n1c(CS(=O)(=O)[C@@H](C)Cc2ncc(F)cn2)nnc1-c1cncc(F)c1.COc1cccc(OC)c1-n1c(CS(=O)(=O)[C@H](C)Cc2ncc(F)cn2)nnc1-c1cncc(F)c1. The van der Waals surface area contributed by atoms with Crippen molar-refractivity contribution in [1.29, 1.82) is 0 Å². The molecule has 2 atom stereocenters. The summed E-state index contributed by atoms with van der Waals surface area (Å²) in [6.45, 7) is 3.01. The highest BCUT2D eigenvalue weighted by molar-refractivity contribution is 7.91. The maximum Gasteiger partial charge on any atom is 0.170 e. The van der Waals surface area contributed by atoms with Crippen molar-refractivity contribution in [3.8, 4) is 57.1 Å². The average Bonchev–Trinajstić information content (AvgIpc) is 3.97. The van der Waals surface area contributed by atoms with Crippen LogP contribution in [-0.4, -0.2) is 115 Å². The van der Waals surface area contributed by atoms with E-state index in [9.17, 15) is 34.4 Å². The van der Waals surface area contributed by atoms with E-state index in [0.717, 1.165) is 37.2 Å². The van der Waals surface area contributed by atoms with E-state index in [1.54, 1.807) is 36.4 Å². The molecule has 8 rings (SSSR count). The number of ether oxygens (including phenoxy) is 4. The van der Waals surface area contributed by atoms with Crippen LogP contribution in [0.1, 0.15) is 37.1 Å². The maximum atomic E-state index is 14.0. The summed E-state index contributed by atoms with van der Waals surface area (Å²) in [5.74, 6) is -1.32. The van der Waals surface area contributed by atoms with Crippen LogP contribution in [0.25, 0.3) is 34.2 Å². The van der Waals surface area contributed by atoms with Crippen LogP contribution < -0.4 is 18.9 Å². The van der Waals surface area contributed by atoms with Gasteiger partial charge in [0.2, 0.25) is 0 Å². The highest BCUT2D eigenvalue weighted by Crippen LogP contribution is 2.38. The third-order valence-corrected chi connectivity index (χ3v) is 14.9. The third-order valence-electron chi connectivity index (χ3n) is 10.8. The second-order valence-electron chi connectivity index (χ2n) is 15.6. The van der Waals surface area contributed by atoms with Gasteiger partial charge in [0, 0.05) is 36.4 Å². The summed E-state index contributed by atoms with van der Waals surface area (Å²) in [4.78, 5) is 23.1. The summed E-state index contributed by atoms with van der Waals surface area (Å²) in [6.07, 6.45) is 8.70. The zero-order valence-corrected chi connectivity index (χ0v) is 40.8. The zero-order chi connectivity index (χ0) is 51.7. The molecule has 0 N–H and O–H groups in total. The summed E-state index contributed by atoms with van der Waals surface area (Å²) in [6, 6.07) is 12.5. The summed E-state index contributed by atoms with van der Waals surface area (Å²) >= 11 is 0. The Kier molecular flexibility index (Phi) is 16.1. The third kappa shape index (κ3) is 11.8. The molecule has 20 nitrogen and oxygen atoms in total. The number of sulfone groups is 2. The maximum absolute atomic E-state index is 14.0. The molecule has 0 saturated heterocycles. The van der Waals surface area contributed by atoms with Gasteiger partial charge in [-0.3, -0.25) is 19.1 Å². The number of methoxy groups -OCH3 is 4. The van der Waals surface area contributed by atoms with Crippen molar-refractivity contribution in [2.45, 2.75) is 48.7 Å². The fourth-order valence-electron chi connectivity index (χ4n) is 7.14. The molecule has 72 heavy (non-hydrogen) atoms. The first-order valence-corrected chi connectivity index (χ1v) is 24.8. The Morgan fingerprint density at radius 2 is 0.819 bits per heavy atom. The first-order valence-electron chi connectivity index (χ1n) is 21.4. The van der Waals surface area contributed by atoms with Crippen LogP contribution in [0, 0.1) is 23.3 Å². The topological polar surface area (TPSA) is 244 Å². The molecule has 0 amide bonds. The highest BCUT2D eigenvalue weighted by atomic mass is 32.2. The lowest BCUT2D eigenvalue weighted by molar-refractivity contribution is 0.390. The number of hydrogen-bond donors (Lipinski definition) is 0. The highest BCUT2D eigenvalue weighted by Gasteiger charge is 2.31. The van der Waals surface area contributed by atoms with E-state index in [0.29, 0.717) is 34.4 Å². The number of halogens is 4. The van der Waals surface area contributed by atoms with Crippen molar-refractivity contribution in [3.05, 3.63) is 145 Å². The van der Waals surface area contributed by atoms with Gasteiger partial charge in [-0.25, -0.2) is 54.3 Å². The molecule has 6 aromatic heterocycles. The van der Waals surface area contributed by atoms with Gasteiger partial charge < -0.3 is 18.9 Å². The van der Waals surface area contributed by atoms with Crippen molar-refractivity contribution in [2.75, 3.05) is 28.4 Å². The molecule has 6 heterocycles. The van der Waals surface area contributed by atoms with Gasteiger partial charge in [0.25, 0.3) is 0 Å². The van der Waals surface area contributed by atoms with Gasteiger partial charge in [0.1, 0.15) is 69.2 Å². The molecule has 8 aromatic rings. The number of nitrogens with zero attached hydrogens (tertiary/aromatic N) is 12. The molecule has 0 aliphatic rings. The van der Waals surface area contributed by atoms with Crippen LogP contribution in [0.15, 0.2) is 98.1 Å². The predicted octanol–water partition coefficient (Wildman–Crippen LogP) is 5.92. The van der Waals surface area contributed by atoms with Gasteiger partial charge in [-0.1, -0.05) is 12.1 Å². The van der Waals surface area contributed by atoms with E-state index in [1.807, 2.05) is 0 Å². The molecular formula is C46H44F4N12O8S2. The first kappa shape index (κ1) is 51.8. The summed E-state index contributed by atoms with van der Waals surface area (Å²) in [5.41, 5.74) is 1.22. The summed E-state index contributed by atoms with van der Waals surface area (Å²) in [5, 5.41) is 14.7. The Morgan fingerprint density at radius 1 is 0.486 bits per heavy atom. The molecule has 0 radical (unpaired) electrons. The standard InChI is InChI=1S/2C23H22F2N6O4S/c2*1-14(7-20-27-11-17(25)12-28-20)36(32,33)13-21-29-30-23(15-8-16(24)10-26-9-15)31(21)22-18(34-2)5-4-6-19(22)35-3/h2*4-6,8-12,14H,7,13H2,1-3H3/t2*14-/m10/s1. The Hall–Kier alpha value is -8.00. The first-order chi connectivity index (χ1) is 34.5. The van der Waals surface area contributed by atoms with Gasteiger partial charge in [-0.15, -0.1) is 20.4 Å². The van der Waals surface area contributed by atoms with E-state index < -0.39 is 64.9 Å². The van der Waals surface area contributed by atoms with Gasteiger partial charge in [0.15, 0.2) is 54.6 Å². The quantitative estimate of drug-likeness (QED) is 0.0905. The Labute approximate surface area is 410 Å². The summed E-state index contributed by atoms with van der Waals surface area (Å²) in [7, 11) is -1.87. The second kappa shape index (κ2) is 22.4. The Balaban J connectivity index is 0.000000211. The summed E-state index contributed by atoms with van der Waals surface area (Å²) < 4.78 is 132. The minimum Gasteiger partial charge on any atom is -0.494 e. The van der Waals surface area contributed by atoms with Gasteiger partial charge in [0.05, 0.1) is 76.1 Å². The molecule has 0 saturated carbocycles. The van der Waals surface area contributed by atoms with Crippen molar-refractivity contribution in [2.24, 2.45) is 0 Å². The van der Waals surface area contributed by atoms with Crippen molar-refractivity contribution in [3.63, 3.8) is 0 Å². The number of benzene rings is 2. The average molecular weight is 1030 g/mol. The van der Waals surface area contributed by atoms with Crippen LogP contribution in [0.5, 0.6) is 23.0 Å². The molecule has 0 unspecified atom stereocenters. The minimum absolute atomic E-state index is 0.0323. The fourth-order valence-corrected chi connectivity index (χ4v) is 9.61. The lowest BCUT2D eigenvalue weighted by Gasteiger charge is -2.18. The number of hydrogen-bond acceptors (Lipinski definition) is 18. The van der Waals surface area contributed by atoms with Crippen molar-refractivity contribution >= 4 is 19.7 Å². The lowest BCUT2D eigenvalue weighted by atomic mass is 10.2. The number of rotatable bonds is 18. The smallest absolute Gasteiger partial charge is 0.170 e. The van der Waals surface area contributed by atoms with E-state index in [-0.39, 0.29) is 58.9 Å². The van der Waals surface area contributed by atoms with Crippen LogP contribution in [0.4, 0.5) is 17.6 Å². The fraction of sp³-hybridized carbons (Fsp3) is 0.261. The van der Waals surface area contributed by atoms with Crippen LogP contribution in [-0.2, 0) is 44.0 Å². The van der Waals surface area contributed by atoms with Gasteiger partial charge in [-0.2, -0.15) is 0 Å². The lowest BCUT2D eigenvalue weighted by Crippen LogP contribution is -2.24. The molecule has 0 fully saturated rings. The van der Waals surface area contributed by atoms with E-state index in [1.165, 1.54) is 75.9 Å². The predicted molar refractivity (Wildman–Crippen MR) is 251 cm³/mol. The number of aromatic nitrogens is 12. The molecule has 26 heteroatoms. The van der Waals surface area contributed by atoms with Crippen LogP contribution in [0.2, 0.25) is 0 Å². The van der Waals surface area contributed by atoms with E-state index in [2.05, 4.69) is 50.3 Å². The van der Waals surface area contributed by atoms with E-state index in [4.69, 9.17) is 18.9 Å². The number of pyridine rings is 2. The molecule has 0 spiro atoms. The molecule has 376 valence electrons. The Morgan fingerprint density at radius 3 is 1.12 bits per heavy atom. The molecule has 0 bridgehead atoms. The second-order valence-corrected chi connectivity index (χ2v) is 20.5. The molecule has 2 aromatic carbocycles. The van der Waals surface area contributed by atoms with Crippen molar-refractivity contribution in [1.82, 2.24) is 59.4 Å². The normalized spacial score (nSPS) is 12.4. The zero-order valence-electron chi connectivity index (χ0n) is 39.2. The largest absolute Gasteiger partial charge is 0.494 e. The van der Waals surface area contributed by atoms with Crippen molar-refractivity contribution < 1.29 is 53.3 Å². The molecule has 0 aliphatic carbocycles. The van der Waals surface area contributed by atoms with Crippen LogP contribution in [0.3, 0.4) is 0 Å². The van der Waals surface area contributed by atoms with Crippen LogP contribution >= 0.6 is 0 Å². The monoisotopic (exact) mass is 1030 g/mol. The van der Waals surface area contributed by atoms with E-state index >= 15 is 0 Å². The molecular weight excluding hydrogens is 989 g/mol. The minimum atomic E-state index is -3.84. The molecule has 0 aliphatic heterocycles. The van der Waals surface area contributed by atoms with Gasteiger partial charge in [-0.05, 0) is 50.2 Å². The Bertz CT molecular complexity index is 3140. The number of para-hydroxylation sites is 2.